The standard InChI is InChI=1S/C19H26N2O4/c1-23-17-3-4-18-14(12-17)11-15(13-25-18)19(22)21-8-5-16(6-9-21)24-10-2-7-20/h3-4,11-12,16H,2,5-10,13,20H2,1H3. The highest BCUT2D eigenvalue weighted by molar-refractivity contribution is 5.99. The van der Waals surface area contributed by atoms with E-state index in [0.29, 0.717) is 38.4 Å². The van der Waals surface area contributed by atoms with E-state index in [-0.39, 0.29) is 12.0 Å². The minimum atomic E-state index is 0.0499. The number of nitrogens with two attached hydrogens (primary N) is 1. The Balaban J connectivity index is 1.59. The minimum Gasteiger partial charge on any atom is -0.497 e. The molecule has 6 heteroatoms. The molecule has 2 heterocycles. The van der Waals surface area contributed by atoms with E-state index in [4.69, 9.17) is 19.9 Å². The van der Waals surface area contributed by atoms with E-state index in [1.54, 1.807) is 7.11 Å². The number of hydrogen-bond acceptors (Lipinski definition) is 5. The van der Waals surface area contributed by atoms with Gasteiger partial charge in [0.25, 0.3) is 5.91 Å². The van der Waals surface area contributed by atoms with Crippen molar-refractivity contribution in [2.45, 2.75) is 25.4 Å². The van der Waals surface area contributed by atoms with Gasteiger partial charge in [-0.1, -0.05) is 0 Å². The van der Waals surface area contributed by atoms with Gasteiger partial charge in [-0.15, -0.1) is 0 Å². The number of amides is 1. The molecule has 0 spiro atoms. The maximum atomic E-state index is 12.8. The van der Waals surface area contributed by atoms with Crippen molar-refractivity contribution in [1.82, 2.24) is 4.90 Å². The number of hydrogen-bond donors (Lipinski definition) is 1. The van der Waals surface area contributed by atoms with E-state index in [2.05, 4.69) is 0 Å². The molecule has 0 atom stereocenters. The van der Waals surface area contributed by atoms with Gasteiger partial charge in [0.1, 0.15) is 18.1 Å². The number of benzene rings is 1. The summed E-state index contributed by atoms with van der Waals surface area (Å²) in [5.41, 5.74) is 7.05. The number of rotatable bonds is 6. The number of carbonyl (C=O) groups excluding carboxylic acids is 1. The van der Waals surface area contributed by atoms with Gasteiger partial charge >= 0.3 is 0 Å². The molecule has 0 aromatic heterocycles. The van der Waals surface area contributed by atoms with Crippen molar-refractivity contribution in [3.63, 3.8) is 0 Å². The van der Waals surface area contributed by atoms with Crippen molar-refractivity contribution in [2.75, 3.05) is 40.0 Å². The van der Waals surface area contributed by atoms with E-state index in [1.165, 1.54) is 0 Å². The quantitative estimate of drug-likeness (QED) is 0.796. The van der Waals surface area contributed by atoms with E-state index >= 15 is 0 Å². The summed E-state index contributed by atoms with van der Waals surface area (Å²) < 4.78 is 16.8. The van der Waals surface area contributed by atoms with Crippen LogP contribution in [-0.2, 0) is 9.53 Å². The summed E-state index contributed by atoms with van der Waals surface area (Å²) in [7, 11) is 1.63. The summed E-state index contributed by atoms with van der Waals surface area (Å²) >= 11 is 0. The first-order chi connectivity index (χ1) is 12.2. The molecule has 25 heavy (non-hydrogen) atoms. The number of fused-ring (bicyclic) bond motifs is 1. The second-order valence-corrected chi connectivity index (χ2v) is 6.37. The summed E-state index contributed by atoms with van der Waals surface area (Å²) in [6, 6.07) is 5.62. The van der Waals surface area contributed by atoms with E-state index < -0.39 is 0 Å². The predicted octanol–water partition coefficient (Wildman–Crippen LogP) is 1.83. The van der Waals surface area contributed by atoms with E-state index in [9.17, 15) is 4.79 Å². The zero-order chi connectivity index (χ0) is 17.6. The largest absolute Gasteiger partial charge is 0.497 e. The van der Waals surface area contributed by atoms with Gasteiger partial charge in [-0.2, -0.15) is 0 Å². The molecule has 136 valence electrons. The highest BCUT2D eigenvalue weighted by atomic mass is 16.5. The van der Waals surface area contributed by atoms with Crippen molar-refractivity contribution >= 4 is 12.0 Å². The van der Waals surface area contributed by atoms with Crippen LogP contribution in [0.4, 0.5) is 0 Å². The zero-order valence-corrected chi connectivity index (χ0v) is 14.7. The Kier molecular flexibility index (Phi) is 5.94. The maximum absolute atomic E-state index is 12.8. The van der Waals surface area contributed by atoms with Crippen molar-refractivity contribution in [3.05, 3.63) is 29.3 Å². The average Bonchev–Trinajstić information content (AvgIpc) is 2.67. The van der Waals surface area contributed by atoms with Crippen molar-refractivity contribution in [2.24, 2.45) is 5.73 Å². The summed E-state index contributed by atoms with van der Waals surface area (Å²) in [6.45, 7) is 3.10. The van der Waals surface area contributed by atoms with Gasteiger partial charge in [-0.05, 0) is 50.1 Å². The first-order valence-electron chi connectivity index (χ1n) is 8.83. The van der Waals surface area contributed by atoms with Gasteiger partial charge in [-0.3, -0.25) is 4.79 Å². The smallest absolute Gasteiger partial charge is 0.253 e. The Morgan fingerprint density at radius 1 is 1.36 bits per heavy atom. The third kappa shape index (κ3) is 4.32. The lowest BCUT2D eigenvalue weighted by Gasteiger charge is -2.33. The number of likely N-dealkylation sites (tertiary alicyclic amines) is 1. The van der Waals surface area contributed by atoms with Crippen LogP contribution in [0.5, 0.6) is 11.5 Å². The average molecular weight is 346 g/mol. The molecule has 0 aliphatic carbocycles. The topological polar surface area (TPSA) is 74.0 Å². The van der Waals surface area contributed by atoms with Gasteiger partial charge in [0.15, 0.2) is 0 Å². The molecule has 2 aliphatic heterocycles. The molecule has 0 bridgehead atoms. The van der Waals surface area contributed by atoms with Crippen LogP contribution in [-0.4, -0.2) is 56.9 Å². The molecular weight excluding hydrogens is 320 g/mol. The molecule has 1 aromatic carbocycles. The van der Waals surface area contributed by atoms with E-state index in [1.807, 2.05) is 29.2 Å². The molecular formula is C19H26N2O4. The Bertz CT molecular complexity index is 636. The zero-order valence-electron chi connectivity index (χ0n) is 14.7. The van der Waals surface area contributed by atoms with Gasteiger partial charge in [0.2, 0.25) is 0 Å². The van der Waals surface area contributed by atoms with Gasteiger partial charge in [0, 0.05) is 25.3 Å². The van der Waals surface area contributed by atoms with Crippen LogP contribution >= 0.6 is 0 Å². The van der Waals surface area contributed by atoms with Crippen LogP contribution in [0.15, 0.2) is 23.8 Å². The molecule has 1 fully saturated rings. The molecule has 6 nitrogen and oxygen atoms in total. The van der Waals surface area contributed by atoms with E-state index in [0.717, 1.165) is 36.3 Å². The molecule has 2 aliphatic rings. The summed E-state index contributed by atoms with van der Waals surface area (Å²) in [4.78, 5) is 14.7. The summed E-state index contributed by atoms with van der Waals surface area (Å²) in [5.74, 6) is 1.58. The van der Waals surface area contributed by atoms with Crippen LogP contribution in [0.1, 0.15) is 24.8 Å². The number of piperidine rings is 1. The highest BCUT2D eigenvalue weighted by Crippen LogP contribution is 2.30. The molecule has 0 saturated carbocycles. The molecule has 1 aromatic rings. The second kappa shape index (κ2) is 8.36. The fourth-order valence-electron chi connectivity index (χ4n) is 3.17. The summed E-state index contributed by atoms with van der Waals surface area (Å²) in [5, 5.41) is 0. The second-order valence-electron chi connectivity index (χ2n) is 6.37. The maximum Gasteiger partial charge on any atom is 0.253 e. The third-order valence-corrected chi connectivity index (χ3v) is 4.64. The Hall–Kier alpha value is -2.05. The van der Waals surface area contributed by atoms with Crippen LogP contribution in [0, 0.1) is 0 Å². The lowest BCUT2D eigenvalue weighted by molar-refractivity contribution is -0.130. The Morgan fingerprint density at radius 2 is 2.16 bits per heavy atom. The highest BCUT2D eigenvalue weighted by Gasteiger charge is 2.27. The molecule has 0 unspecified atom stereocenters. The number of carbonyl (C=O) groups is 1. The fourth-order valence-corrected chi connectivity index (χ4v) is 3.17. The predicted molar refractivity (Wildman–Crippen MR) is 95.7 cm³/mol. The Labute approximate surface area is 148 Å². The van der Waals surface area contributed by atoms with Crippen LogP contribution in [0.25, 0.3) is 6.08 Å². The molecule has 3 rings (SSSR count). The minimum absolute atomic E-state index is 0.0499. The Morgan fingerprint density at radius 3 is 2.88 bits per heavy atom. The van der Waals surface area contributed by atoms with Crippen LogP contribution in [0.2, 0.25) is 0 Å². The number of methoxy groups -OCH3 is 1. The number of ether oxygens (including phenoxy) is 3. The third-order valence-electron chi connectivity index (χ3n) is 4.64. The lowest BCUT2D eigenvalue weighted by atomic mass is 10.0. The molecule has 2 N–H and O–H groups in total. The van der Waals surface area contributed by atoms with Crippen LogP contribution < -0.4 is 15.2 Å². The molecule has 1 amide bonds. The monoisotopic (exact) mass is 346 g/mol. The fraction of sp³-hybridized carbons (Fsp3) is 0.526. The van der Waals surface area contributed by atoms with Crippen molar-refractivity contribution in [1.29, 1.82) is 0 Å². The normalized spacial score (nSPS) is 17.5. The molecule has 0 radical (unpaired) electrons. The molecule has 1 saturated heterocycles. The van der Waals surface area contributed by atoms with Crippen molar-refractivity contribution in [3.8, 4) is 11.5 Å². The number of nitrogens with zero attached hydrogens (tertiary/aromatic N) is 1. The van der Waals surface area contributed by atoms with Gasteiger partial charge in [-0.25, -0.2) is 0 Å². The first-order valence-corrected chi connectivity index (χ1v) is 8.83. The van der Waals surface area contributed by atoms with Gasteiger partial charge < -0.3 is 24.8 Å². The van der Waals surface area contributed by atoms with Crippen LogP contribution in [0.3, 0.4) is 0 Å². The first kappa shape index (κ1) is 17.8. The summed E-state index contributed by atoms with van der Waals surface area (Å²) in [6.07, 6.45) is 4.76. The van der Waals surface area contributed by atoms with Crippen molar-refractivity contribution < 1.29 is 19.0 Å². The van der Waals surface area contributed by atoms with Gasteiger partial charge in [0.05, 0.1) is 18.8 Å². The SMILES string of the molecule is COc1ccc2c(c1)C=C(C(=O)N1CCC(OCCCN)CC1)CO2. The lowest BCUT2D eigenvalue weighted by Crippen LogP contribution is -2.42.